The largest absolute Gasteiger partial charge is 0.493 e. The molecule has 39 heavy (non-hydrogen) atoms. The van der Waals surface area contributed by atoms with Gasteiger partial charge in [-0.2, -0.15) is 5.10 Å². The molecule has 3 rings (SSSR count). The number of hydrogen-bond donors (Lipinski definition) is 0. The molecule has 0 saturated carbocycles. The van der Waals surface area contributed by atoms with Crippen LogP contribution in [0.3, 0.4) is 0 Å². The Hall–Kier alpha value is -3.07. The average molecular weight is 560 g/mol. The zero-order valence-corrected chi connectivity index (χ0v) is 24.8. The number of amides is 3. The first kappa shape index (κ1) is 30.5. The van der Waals surface area contributed by atoms with Gasteiger partial charge in [-0.1, -0.05) is 25.4 Å². The Labute approximate surface area is 237 Å². The molecule has 0 fully saturated rings. The summed E-state index contributed by atoms with van der Waals surface area (Å²) in [5, 5.41) is 4.91. The molecule has 10 heteroatoms. The lowest BCUT2D eigenvalue weighted by Gasteiger charge is -2.33. The summed E-state index contributed by atoms with van der Waals surface area (Å²) in [7, 11) is 3.42. The van der Waals surface area contributed by atoms with Crippen molar-refractivity contribution >= 4 is 29.3 Å². The van der Waals surface area contributed by atoms with Crippen molar-refractivity contribution in [3.8, 4) is 5.75 Å². The Balaban J connectivity index is 1.86. The van der Waals surface area contributed by atoms with E-state index in [2.05, 4.69) is 5.10 Å². The van der Waals surface area contributed by atoms with Crippen molar-refractivity contribution in [3.63, 3.8) is 0 Å². The van der Waals surface area contributed by atoms with Gasteiger partial charge in [0, 0.05) is 51.0 Å². The van der Waals surface area contributed by atoms with E-state index in [9.17, 15) is 14.4 Å². The van der Waals surface area contributed by atoms with E-state index in [1.165, 1.54) is 4.90 Å². The SMILES string of the molecule is CCn1nc(C(=O)N2CCCCOc3ccc(Cl)cc3C(=O)N(C)[C@@H](C(C)C)C(=O)N(C)CCCC2)cc1C. The van der Waals surface area contributed by atoms with E-state index in [1.54, 1.807) is 37.2 Å². The lowest BCUT2D eigenvalue weighted by Crippen LogP contribution is -2.51. The summed E-state index contributed by atoms with van der Waals surface area (Å²) in [6, 6.07) is 6.17. The molecular weight excluding hydrogens is 518 g/mol. The van der Waals surface area contributed by atoms with Gasteiger partial charge in [0.2, 0.25) is 5.91 Å². The molecule has 1 aliphatic rings. The number of carbonyl (C=O) groups excluding carboxylic acids is 3. The maximum Gasteiger partial charge on any atom is 0.274 e. The van der Waals surface area contributed by atoms with E-state index in [-0.39, 0.29) is 23.6 Å². The van der Waals surface area contributed by atoms with Crippen LogP contribution >= 0.6 is 11.6 Å². The van der Waals surface area contributed by atoms with Crippen molar-refractivity contribution in [3.05, 3.63) is 46.2 Å². The van der Waals surface area contributed by atoms with Crippen molar-refractivity contribution in [2.24, 2.45) is 5.92 Å². The number of fused-ring (bicyclic) bond motifs is 1. The number of benzene rings is 1. The highest BCUT2D eigenvalue weighted by Gasteiger charge is 2.33. The monoisotopic (exact) mass is 559 g/mol. The van der Waals surface area contributed by atoms with Crippen LogP contribution < -0.4 is 4.74 Å². The summed E-state index contributed by atoms with van der Waals surface area (Å²) in [5.74, 6) is -0.184. The van der Waals surface area contributed by atoms with Crippen LogP contribution in [0.15, 0.2) is 24.3 Å². The van der Waals surface area contributed by atoms with Gasteiger partial charge in [-0.3, -0.25) is 19.1 Å². The highest BCUT2D eigenvalue weighted by molar-refractivity contribution is 6.31. The Kier molecular flexibility index (Phi) is 10.8. The zero-order chi connectivity index (χ0) is 28.7. The third-order valence-electron chi connectivity index (χ3n) is 7.21. The third-order valence-corrected chi connectivity index (χ3v) is 7.44. The molecule has 1 aromatic heterocycles. The van der Waals surface area contributed by atoms with Gasteiger partial charge in [0.1, 0.15) is 11.8 Å². The maximum absolute atomic E-state index is 13.6. The predicted octanol–water partition coefficient (Wildman–Crippen LogP) is 4.52. The molecule has 1 aromatic carbocycles. The van der Waals surface area contributed by atoms with Crippen molar-refractivity contribution in [2.45, 2.75) is 66.0 Å². The van der Waals surface area contributed by atoms with Crippen molar-refractivity contribution in [1.29, 1.82) is 0 Å². The van der Waals surface area contributed by atoms with Crippen LogP contribution in [-0.4, -0.2) is 88.6 Å². The Morgan fingerprint density at radius 2 is 1.74 bits per heavy atom. The molecule has 3 amide bonds. The lowest BCUT2D eigenvalue weighted by molar-refractivity contribution is -0.136. The van der Waals surface area contributed by atoms with Gasteiger partial charge in [0.05, 0.1) is 12.2 Å². The van der Waals surface area contributed by atoms with Crippen LogP contribution in [0.2, 0.25) is 5.02 Å². The molecule has 0 aliphatic carbocycles. The first-order valence-corrected chi connectivity index (χ1v) is 14.2. The minimum absolute atomic E-state index is 0.0827. The van der Waals surface area contributed by atoms with Crippen molar-refractivity contribution in [1.82, 2.24) is 24.5 Å². The van der Waals surface area contributed by atoms with Gasteiger partial charge >= 0.3 is 0 Å². The fraction of sp³-hybridized carbons (Fsp3) is 0.586. The molecule has 0 unspecified atom stereocenters. The first-order chi connectivity index (χ1) is 18.5. The molecule has 9 nitrogen and oxygen atoms in total. The van der Waals surface area contributed by atoms with E-state index >= 15 is 0 Å². The number of aromatic nitrogens is 2. The van der Waals surface area contributed by atoms with Crippen LogP contribution in [0.1, 0.15) is 73.0 Å². The second kappa shape index (κ2) is 13.8. The van der Waals surface area contributed by atoms with Crippen LogP contribution in [-0.2, 0) is 11.3 Å². The number of rotatable bonds is 3. The van der Waals surface area contributed by atoms with E-state index in [0.717, 1.165) is 25.0 Å². The van der Waals surface area contributed by atoms with E-state index < -0.39 is 6.04 Å². The molecule has 2 heterocycles. The summed E-state index contributed by atoms with van der Waals surface area (Å²) in [4.78, 5) is 45.5. The number of carbonyl (C=O) groups is 3. The number of nitrogens with zero attached hydrogens (tertiary/aromatic N) is 5. The Morgan fingerprint density at radius 3 is 2.38 bits per heavy atom. The topological polar surface area (TPSA) is 88.0 Å². The second-order valence-corrected chi connectivity index (χ2v) is 11.0. The zero-order valence-electron chi connectivity index (χ0n) is 24.1. The summed E-state index contributed by atoms with van der Waals surface area (Å²) >= 11 is 6.24. The fourth-order valence-corrected chi connectivity index (χ4v) is 5.17. The standard InChI is InChI=1S/C29H42ClN5O4/c1-7-35-21(4)18-24(31-35)28(37)34-15-9-8-14-32(5)29(38)26(20(2)3)33(6)27(36)23-19-22(30)12-13-25(23)39-17-11-10-16-34/h12-13,18-20,26H,7-11,14-17H2,1-6H3/t26-/m0/s1. The molecule has 214 valence electrons. The van der Waals surface area contributed by atoms with E-state index in [1.807, 2.05) is 43.3 Å². The lowest BCUT2D eigenvalue weighted by atomic mass is 10.00. The quantitative estimate of drug-likeness (QED) is 0.552. The molecule has 0 radical (unpaired) electrons. The number of likely N-dealkylation sites (N-methyl/N-ethyl adjacent to an activating group) is 2. The second-order valence-electron chi connectivity index (χ2n) is 10.5. The molecule has 0 saturated heterocycles. The number of hydrogen-bond acceptors (Lipinski definition) is 5. The van der Waals surface area contributed by atoms with Gasteiger partial charge in [-0.05, 0) is 69.7 Å². The third kappa shape index (κ3) is 7.53. The highest BCUT2D eigenvalue weighted by atomic mass is 35.5. The number of ether oxygens (including phenoxy) is 1. The summed E-state index contributed by atoms with van der Waals surface area (Å²) in [6.45, 7) is 10.6. The van der Waals surface area contributed by atoms with Gasteiger partial charge in [0.25, 0.3) is 11.8 Å². The van der Waals surface area contributed by atoms with Crippen molar-refractivity contribution in [2.75, 3.05) is 40.3 Å². The molecule has 1 aliphatic heterocycles. The van der Waals surface area contributed by atoms with Gasteiger partial charge in [-0.25, -0.2) is 0 Å². The molecule has 0 N–H and O–H groups in total. The molecule has 1 atom stereocenters. The minimum Gasteiger partial charge on any atom is -0.493 e. The maximum atomic E-state index is 13.6. The van der Waals surface area contributed by atoms with Gasteiger partial charge < -0.3 is 19.4 Å². The van der Waals surface area contributed by atoms with Crippen LogP contribution in [0, 0.1) is 12.8 Å². The Morgan fingerprint density at radius 1 is 1.08 bits per heavy atom. The van der Waals surface area contributed by atoms with Gasteiger partial charge in [0.15, 0.2) is 5.69 Å². The fourth-order valence-electron chi connectivity index (χ4n) is 5.00. The summed E-state index contributed by atoms with van der Waals surface area (Å²) in [6.07, 6.45) is 2.93. The highest BCUT2D eigenvalue weighted by Crippen LogP contribution is 2.26. The number of halogens is 1. The normalized spacial score (nSPS) is 18.7. The molecule has 0 spiro atoms. The molecular formula is C29H42ClN5O4. The van der Waals surface area contributed by atoms with E-state index in [4.69, 9.17) is 16.3 Å². The Bertz CT molecular complexity index is 1160. The van der Waals surface area contributed by atoms with Crippen LogP contribution in [0.25, 0.3) is 0 Å². The van der Waals surface area contributed by atoms with Gasteiger partial charge in [-0.15, -0.1) is 0 Å². The smallest absolute Gasteiger partial charge is 0.274 e. The number of aryl methyl sites for hydroxylation is 2. The molecule has 0 bridgehead atoms. The minimum atomic E-state index is -0.639. The van der Waals surface area contributed by atoms with Crippen LogP contribution in [0.5, 0.6) is 5.75 Å². The molecule has 2 aromatic rings. The predicted molar refractivity (Wildman–Crippen MR) is 152 cm³/mol. The summed E-state index contributed by atoms with van der Waals surface area (Å²) < 4.78 is 7.85. The average Bonchev–Trinajstić information content (AvgIpc) is 3.29. The first-order valence-electron chi connectivity index (χ1n) is 13.8. The summed E-state index contributed by atoms with van der Waals surface area (Å²) in [5.41, 5.74) is 1.74. The van der Waals surface area contributed by atoms with Crippen molar-refractivity contribution < 1.29 is 19.1 Å². The van der Waals surface area contributed by atoms with E-state index in [0.29, 0.717) is 61.2 Å². The van der Waals surface area contributed by atoms with Crippen LogP contribution in [0.4, 0.5) is 0 Å².